The van der Waals surface area contributed by atoms with Crippen molar-refractivity contribution in [2.24, 2.45) is 0 Å². The number of carbonyl (C=O) groups is 3. The van der Waals surface area contributed by atoms with Gasteiger partial charge in [-0.2, -0.15) is 0 Å². The first kappa shape index (κ1) is 56.9. The van der Waals surface area contributed by atoms with Gasteiger partial charge in [0.2, 0.25) is 0 Å². The van der Waals surface area contributed by atoms with Crippen LogP contribution in [-0.4, -0.2) is 37.2 Å². The van der Waals surface area contributed by atoms with E-state index in [9.17, 15) is 14.4 Å². The van der Waals surface area contributed by atoms with Crippen LogP contribution in [0, 0.1) is 0 Å². The highest BCUT2D eigenvalue weighted by Crippen LogP contribution is 2.15. The minimum Gasteiger partial charge on any atom is -0.462 e. The molecule has 0 saturated heterocycles. The molecule has 6 heteroatoms. The van der Waals surface area contributed by atoms with Crippen LogP contribution < -0.4 is 0 Å². The smallest absolute Gasteiger partial charge is 0.306 e. The van der Waals surface area contributed by atoms with Crippen molar-refractivity contribution in [3.63, 3.8) is 0 Å². The second kappa shape index (κ2) is 48.6. The Morgan fingerprint density at radius 1 is 0.322 bits per heavy atom. The van der Waals surface area contributed by atoms with Crippen LogP contribution in [0.5, 0.6) is 0 Å². The predicted octanol–water partition coefficient (Wildman–Crippen LogP) is 16.8. The molecule has 0 aromatic carbocycles. The normalized spacial score (nSPS) is 12.1. The maximum absolute atomic E-state index is 12.8. The molecule has 346 valence electrons. The molecular weight excluding hydrogens is 733 g/mol. The number of allylic oxidation sites excluding steroid dienone is 4. The lowest BCUT2D eigenvalue weighted by Gasteiger charge is -2.18. The van der Waals surface area contributed by atoms with Gasteiger partial charge in [0.25, 0.3) is 0 Å². The first-order chi connectivity index (χ1) is 29.0. The minimum absolute atomic E-state index is 0.0739. The number of ether oxygens (including phenoxy) is 3. The Bertz CT molecular complexity index is 958. The fraction of sp³-hybridized carbons (Fsp3) is 0.868. The van der Waals surface area contributed by atoms with E-state index in [2.05, 4.69) is 45.1 Å². The van der Waals surface area contributed by atoms with E-state index >= 15 is 0 Å². The largest absolute Gasteiger partial charge is 0.462 e. The molecule has 0 aliphatic rings. The Morgan fingerprint density at radius 2 is 0.559 bits per heavy atom. The van der Waals surface area contributed by atoms with Gasteiger partial charge in [0.1, 0.15) is 13.2 Å². The standard InChI is InChI=1S/C53H98O6/c1-4-7-10-13-16-19-22-24-26-28-29-31-34-37-40-43-46-52(55)58-49-50(48-57-51(54)45-42-39-36-33-21-18-15-12-9-6-3)59-53(56)47-44-41-38-35-32-30-27-25-23-20-17-14-11-8-5-2/h25-28,50H,4-24,29-49H2,1-3H3/b27-25-,28-26-/t50-/m1/s1. The van der Waals surface area contributed by atoms with Crippen molar-refractivity contribution in [3.05, 3.63) is 24.3 Å². The van der Waals surface area contributed by atoms with E-state index < -0.39 is 6.10 Å². The van der Waals surface area contributed by atoms with Crippen LogP contribution in [0.1, 0.15) is 278 Å². The summed E-state index contributed by atoms with van der Waals surface area (Å²) in [6.45, 7) is 6.63. The third-order valence-electron chi connectivity index (χ3n) is 11.4. The Morgan fingerprint density at radius 3 is 0.847 bits per heavy atom. The molecule has 0 aliphatic heterocycles. The molecule has 0 aliphatic carbocycles. The molecule has 0 spiro atoms. The molecule has 59 heavy (non-hydrogen) atoms. The molecule has 0 rings (SSSR count). The van der Waals surface area contributed by atoms with Crippen LogP contribution in [0.25, 0.3) is 0 Å². The van der Waals surface area contributed by atoms with Gasteiger partial charge in [-0.25, -0.2) is 0 Å². The van der Waals surface area contributed by atoms with E-state index in [4.69, 9.17) is 14.2 Å². The zero-order valence-corrected chi connectivity index (χ0v) is 39.5. The van der Waals surface area contributed by atoms with Crippen molar-refractivity contribution in [2.75, 3.05) is 13.2 Å². The average Bonchev–Trinajstić information content (AvgIpc) is 3.23. The molecule has 0 N–H and O–H groups in total. The summed E-state index contributed by atoms with van der Waals surface area (Å²) in [5.41, 5.74) is 0. The summed E-state index contributed by atoms with van der Waals surface area (Å²) < 4.78 is 16.8. The van der Waals surface area contributed by atoms with E-state index in [-0.39, 0.29) is 31.1 Å². The van der Waals surface area contributed by atoms with Crippen LogP contribution in [0.15, 0.2) is 24.3 Å². The number of unbranched alkanes of at least 4 members (excludes halogenated alkanes) is 32. The SMILES string of the molecule is CCCCCCCC/C=C\CCCCCCCC(=O)O[C@@H](COC(=O)CCCCCCC/C=C\CCCCCCCCC)COC(=O)CCCCCCCCCCCC. The van der Waals surface area contributed by atoms with Gasteiger partial charge in [-0.05, 0) is 70.6 Å². The van der Waals surface area contributed by atoms with Crippen molar-refractivity contribution in [1.82, 2.24) is 0 Å². The van der Waals surface area contributed by atoms with Gasteiger partial charge in [0.05, 0.1) is 0 Å². The molecule has 0 heterocycles. The van der Waals surface area contributed by atoms with Gasteiger partial charge in [0, 0.05) is 19.3 Å². The summed E-state index contributed by atoms with van der Waals surface area (Å²) in [6, 6.07) is 0. The van der Waals surface area contributed by atoms with E-state index in [1.807, 2.05) is 0 Å². The van der Waals surface area contributed by atoms with Crippen LogP contribution in [0.4, 0.5) is 0 Å². The third-order valence-corrected chi connectivity index (χ3v) is 11.4. The molecule has 0 bridgehead atoms. The first-order valence-corrected chi connectivity index (χ1v) is 25.8. The Hall–Kier alpha value is -2.11. The predicted molar refractivity (Wildman–Crippen MR) is 252 cm³/mol. The molecule has 0 aromatic rings. The van der Waals surface area contributed by atoms with Crippen LogP contribution in [0.3, 0.4) is 0 Å². The lowest BCUT2D eigenvalue weighted by molar-refractivity contribution is -0.167. The Balaban J connectivity index is 4.34. The summed E-state index contributed by atoms with van der Waals surface area (Å²) in [5, 5.41) is 0. The first-order valence-electron chi connectivity index (χ1n) is 25.8. The van der Waals surface area contributed by atoms with Crippen molar-refractivity contribution in [2.45, 2.75) is 284 Å². The molecule has 1 atom stereocenters. The van der Waals surface area contributed by atoms with Crippen LogP contribution >= 0.6 is 0 Å². The van der Waals surface area contributed by atoms with Crippen molar-refractivity contribution in [3.8, 4) is 0 Å². The Labute approximate surface area is 366 Å². The topological polar surface area (TPSA) is 78.9 Å². The van der Waals surface area contributed by atoms with Crippen molar-refractivity contribution >= 4 is 17.9 Å². The molecule has 0 fully saturated rings. The molecule has 0 unspecified atom stereocenters. The fourth-order valence-electron chi connectivity index (χ4n) is 7.49. The quantitative estimate of drug-likeness (QED) is 0.0263. The van der Waals surface area contributed by atoms with Crippen LogP contribution in [0.2, 0.25) is 0 Å². The van der Waals surface area contributed by atoms with E-state index in [0.717, 1.165) is 70.6 Å². The maximum atomic E-state index is 12.8. The van der Waals surface area contributed by atoms with Crippen LogP contribution in [-0.2, 0) is 28.6 Å². The third kappa shape index (κ3) is 46.8. The monoisotopic (exact) mass is 831 g/mol. The maximum Gasteiger partial charge on any atom is 0.306 e. The van der Waals surface area contributed by atoms with Gasteiger partial charge in [-0.3, -0.25) is 14.4 Å². The number of hydrogen-bond donors (Lipinski definition) is 0. The lowest BCUT2D eigenvalue weighted by atomic mass is 10.1. The van der Waals surface area contributed by atoms with Gasteiger partial charge in [0.15, 0.2) is 6.10 Å². The highest BCUT2D eigenvalue weighted by Gasteiger charge is 2.19. The van der Waals surface area contributed by atoms with Gasteiger partial charge in [-0.15, -0.1) is 0 Å². The van der Waals surface area contributed by atoms with E-state index in [0.29, 0.717) is 19.3 Å². The highest BCUT2D eigenvalue weighted by molar-refractivity contribution is 5.71. The summed E-state index contributed by atoms with van der Waals surface area (Å²) in [7, 11) is 0. The minimum atomic E-state index is -0.773. The molecule has 6 nitrogen and oxygen atoms in total. The van der Waals surface area contributed by atoms with Gasteiger partial charge < -0.3 is 14.2 Å². The molecule has 0 saturated carbocycles. The van der Waals surface area contributed by atoms with Gasteiger partial charge in [-0.1, -0.05) is 212 Å². The zero-order valence-electron chi connectivity index (χ0n) is 39.5. The summed E-state index contributed by atoms with van der Waals surface area (Å²) in [4.78, 5) is 37.9. The molecule has 0 amide bonds. The number of esters is 3. The number of rotatable bonds is 47. The van der Waals surface area contributed by atoms with E-state index in [1.54, 1.807) is 0 Å². The summed E-state index contributed by atoms with van der Waals surface area (Å²) >= 11 is 0. The highest BCUT2D eigenvalue weighted by atomic mass is 16.6. The lowest BCUT2D eigenvalue weighted by Crippen LogP contribution is -2.30. The second-order valence-electron chi connectivity index (χ2n) is 17.4. The second-order valence-corrected chi connectivity index (χ2v) is 17.4. The Kier molecular flexibility index (Phi) is 46.8. The summed E-state index contributed by atoms with van der Waals surface area (Å²) in [6.07, 6.45) is 54.4. The zero-order chi connectivity index (χ0) is 43.0. The molecule has 0 aromatic heterocycles. The summed E-state index contributed by atoms with van der Waals surface area (Å²) in [5.74, 6) is -0.881. The number of hydrogen-bond acceptors (Lipinski definition) is 6. The van der Waals surface area contributed by atoms with Crippen molar-refractivity contribution < 1.29 is 28.6 Å². The number of carbonyl (C=O) groups excluding carboxylic acids is 3. The average molecular weight is 831 g/mol. The molecule has 0 radical (unpaired) electrons. The van der Waals surface area contributed by atoms with Crippen molar-refractivity contribution in [1.29, 1.82) is 0 Å². The fourth-order valence-corrected chi connectivity index (χ4v) is 7.49. The van der Waals surface area contributed by atoms with E-state index in [1.165, 1.54) is 167 Å². The molecular formula is C53H98O6. The van der Waals surface area contributed by atoms with Gasteiger partial charge >= 0.3 is 17.9 Å².